The lowest BCUT2D eigenvalue weighted by Gasteiger charge is -2.26. The summed E-state index contributed by atoms with van der Waals surface area (Å²) in [6.45, 7) is 3.95. The van der Waals surface area contributed by atoms with E-state index in [1.807, 2.05) is 32.0 Å². The van der Waals surface area contributed by atoms with Crippen LogP contribution in [0.25, 0.3) is 5.76 Å². The monoisotopic (exact) mass is 521 g/mol. The second kappa shape index (κ2) is 11.0. The molecule has 1 saturated heterocycles. The smallest absolute Gasteiger partial charge is 0.295 e. The van der Waals surface area contributed by atoms with Crippen molar-refractivity contribution in [3.8, 4) is 17.2 Å². The molecule has 1 aliphatic rings. The molecule has 0 aromatic heterocycles. The summed E-state index contributed by atoms with van der Waals surface area (Å²) >= 11 is 6.16. The molecule has 0 saturated carbocycles. The number of Topliss-reactive ketones (excluding diaryl/α,β-unsaturated/α-hetero) is 1. The second-order valence-corrected chi connectivity index (χ2v) is 9.27. The van der Waals surface area contributed by atoms with Crippen LogP contribution in [0.5, 0.6) is 17.2 Å². The summed E-state index contributed by atoms with van der Waals surface area (Å²) in [7, 11) is 3.02. The van der Waals surface area contributed by atoms with Gasteiger partial charge in [-0.3, -0.25) is 9.59 Å². The zero-order valence-corrected chi connectivity index (χ0v) is 21.8. The fourth-order valence-electron chi connectivity index (χ4n) is 4.35. The van der Waals surface area contributed by atoms with Gasteiger partial charge in [0.1, 0.15) is 23.0 Å². The fourth-order valence-corrected chi connectivity index (χ4v) is 4.54. The Kier molecular flexibility index (Phi) is 7.74. The Labute approximate surface area is 220 Å². The van der Waals surface area contributed by atoms with Crippen molar-refractivity contribution in [3.05, 3.63) is 94.0 Å². The molecule has 4 rings (SSSR count). The van der Waals surface area contributed by atoms with Crippen LogP contribution < -0.4 is 14.2 Å². The van der Waals surface area contributed by atoms with Crippen molar-refractivity contribution in [1.82, 2.24) is 4.90 Å². The quantitative estimate of drug-likeness (QED) is 0.230. The van der Waals surface area contributed by atoms with E-state index < -0.39 is 17.7 Å². The Hall–Kier alpha value is -3.97. The number of carbonyl (C=O) groups excluding carboxylic acids is 2. The minimum absolute atomic E-state index is 0.0287. The molecule has 3 aromatic carbocycles. The summed E-state index contributed by atoms with van der Waals surface area (Å²) in [6.07, 6.45) is -0.0695. The van der Waals surface area contributed by atoms with Gasteiger partial charge in [-0.1, -0.05) is 35.9 Å². The number of ether oxygens (including phenoxy) is 3. The number of nitrogens with zero attached hydrogens (tertiary/aromatic N) is 1. The number of aliphatic hydroxyl groups excluding tert-OH is 1. The maximum atomic E-state index is 13.4. The molecule has 1 atom stereocenters. The fraction of sp³-hybridized carbons (Fsp3) is 0.241. The number of carbonyl (C=O) groups is 2. The molecule has 1 N–H and O–H groups in total. The molecule has 192 valence electrons. The molecule has 0 radical (unpaired) electrons. The van der Waals surface area contributed by atoms with Gasteiger partial charge in [-0.25, -0.2) is 0 Å². The Morgan fingerprint density at radius 3 is 2.41 bits per heavy atom. The van der Waals surface area contributed by atoms with Crippen molar-refractivity contribution in [3.63, 3.8) is 0 Å². The molecule has 0 bridgehead atoms. The maximum Gasteiger partial charge on any atom is 0.295 e. The van der Waals surface area contributed by atoms with Crippen molar-refractivity contribution < 1.29 is 28.9 Å². The zero-order valence-electron chi connectivity index (χ0n) is 21.0. The van der Waals surface area contributed by atoms with Gasteiger partial charge in [0.25, 0.3) is 11.7 Å². The Morgan fingerprint density at radius 2 is 1.70 bits per heavy atom. The maximum absolute atomic E-state index is 13.4. The van der Waals surface area contributed by atoms with E-state index in [-0.39, 0.29) is 24.0 Å². The van der Waals surface area contributed by atoms with Gasteiger partial charge in [-0.2, -0.15) is 0 Å². The molecular weight excluding hydrogens is 494 g/mol. The van der Waals surface area contributed by atoms with Crippen LogP contribution in [0.3, 0.4) is 0 Å². The average Bonchev–Trinajstić information content (AvgIpc) is 3.13. The number of methoxy groups -OCH3 is 2. The van der Waals surface area contributed by atoms with Gasteiger partial charge in [0, 0.05) is 12.1 Å². The van der Waals surface area contributed by atoms with E-state index >= 15 is 0 Å². The number of aliphatic hydroxyl groups is 1. The van der Waals surface area contributed by atoms with Crippen LogP contribution in [0.15, 0.2) is 72.3 Å². The molecule has 0 aliphatic carbocycles. The molecule has 0 spiro atoms. The van der Waals surface area contributed by atoms with Gasteiger partial charge in [-0.15, -0.1) is 0 Å². The number of hydrogen-bond acceptors (Lipinski definition) is 6. The first kappa shape index (κ1) is 26.1. The van der Waals surface area contributed by atoms with Gasteiger partial charge in [-0.05, 0) is 67.4 Å². The SMILES string of the molecule is COc1cccc(CN2C(=O)C(=O)/C(=C(\O)c3ccc(Cl)c(OC)c3)C2c2cccc(OC(C)C)c2)c1. The molecule has 7 nitrogen and oxygen atoms in total. The predicted molar refractivity (Wildman–Crippen MR) is 141 cm³/mol. The van der Waals surface area contributed by atoms with E-state index in [1.54, 1.807) is 49.6 Å². The highest BCUT2D eigenvalue weighted by atomic mass is 35.5. The first-order valence-corrected chi connectivity index (χ1v) is 12.1. The van der Waals surface area contributed by atoms with Gasteiger partial charge >= 0.3 is 0 Å². The molecular formula is C29H28ClNO6. The molecule has 1 amide bonds. The number of halogens is 1. The molecule has 37 heavy (non-hydrogen) atoms. The van der Waals surface area contributed by atoms with Crippen molar-refractivity contribution in [2.75, 3.05) is 14.2 Å². The normalized spacial score (nSPS) is 16.8. The number of likely N-dealkylation sites (tertiary alicyclic amines) is 1. The van der Waals surface area contributed by atoms with Crippen LogP contribution in [0.1, 0.15) is 36.6 Å². The number of ketones is 1. The van der Waals surface area contributed by atoms with Crippen molar-refractivity contribution in [2.24, 2.45) is 0 Å². The summed E-state index contributed by atoms with van der Waals surface area (Å²) in [5, 5.41) is 11.7. The third kappa shape index (κ3) is 5.42. The van der Waals surface area contributed by atoms with Crippen LogP contribution in [0.2, 0.25) is 5.02 Å². The Bertz CT molecular complexity index is 1370. The van der Waals surface area contributed by atoms with Crippen LogP contribution >= 0.6 is 11.6 Å². The van der Waals surface area contributed by atoms with E-state index in [4.69, 9.17) is 25.8 Å². The summed E-state index contributed by atoms with van der Waals surface area (Å²) < 4.78 is 16.5. The van der Waals surface area contributed by atoms with E-state index in [0.29, 0.717) is 33.4 Å². The summed E-state index contributed by atoms with van der Waals surface area (Å²) in [6, 6.07) is 18.3. The van der Waals surface area contributed by atoms with Gasteiger partial charge in [0.15, 0.2) is 0 Å². The molecule has 1 unspecified atom stereocenters. The van der Waals surface area contributed by atoms with Crippen molar-refractivity contribution in [1.29, 1.82) is 0 Å². The van der Waals surface area contributed by atoms with Gasteiger partial charge in [0.2, 0.25) is 0 Å². The molecule has 1 fully saturated rings. The average molecular weight is 522 g/mol. The van der Waals surface area contributed by atoms with E-state index in [0.717, 1.165) is 5.56 Å². The van der Waals surface area contributed by atoms with Gasteiger partial charge < -0.3 is 24.2 Å². The van der Waals surface area contributed by atoms with E-state index in [2.05, 4.69) is 0 Å². The highest BCUT2D eigenvalue weighted by Gasteiger charge is 2.46. The Balaban J connectivity index is 1.87. The van der Waals surface area contributed by atoms with Crippen LogP contribution in [0.4, 0.5) is 0 Å². The standard InChI is InChI=1S/C29H28ClNO6/c1-17(2)37-22-10-6-8-19(14-22)26-25(27(32)20-11-12-23(30)24(15-20)36-4)28(33)29(34)31(26)16-18-7-5-9-21(13-18)35-3/h5-15,17,26,32H,16H2,1-4H3/b27-25-. The van der Waals surface area contributed by atoms with Crippen molar-refractivity contribution in [2.45, 2.75) is 32.5 Å². The lowest BCUT2D eigenvalue weighted by Crippen LogP contribution is -2.29. The number of rotatable bonds is 8. The highest BCUT2D eigenvalue weighted by Crippen LogP contribution is 2.42. The first-order valence-electron chi connectivity index (χ1n) is 11.7. The first-order chi connectivity index (χ1) is 17.7. The van der Waals surface area contributed by atoms with Crippen LogP contribution in [-0.4, -0.2) is 42.0 Å². The van der Waals surface area contributed by atoms with Crippen LogP contribution in [0, 0.1) is 0 Å². The summed E-state index contributed by atoms with van der Waals surface area (Å²) in [5.74, 6) is -0.263. The molecule has 8 heteroatoms. The number of benzene rings is 3. The van der Waals surface area contributed by atoms with Crippen molar-refractivity contribution >= 4 is 29.1 Å². The summed E-state index contributed by atoms with van der Waals surface area (Å²) in [5.41, 5.74) is 1.68. The highest BCUT2D eigenvalue weighted by molar-refractivity contribution is 6.46. The minimum atomic E-state index is -0.858. The molecule has 1 aliphatic heterocycles. The lowest BCUT2D eigenvalue weighted by molar-refractivity contribution is -0.140. The second-order valence-electron chi connectivity index (χ2n) is 8.87. The predicted octanol–water partition coefficient (Wildman–Crippen LogP) is 5.77. The third-order valence-electron chi connectivity index (χ3n) is 6.00. The molecule has 3 aromatic rings. The lowest BCUT2D eigenvalue weighted by atomic mass is 9.95. The minimum Gasteiger partial charge on any atom is -0.507 e. The number of hydrogen-bond donors (Lipinski definition) is 1. The zero-order chi connectivity index (χ0) is 26.7. The largest absolute Gasteiger partial charge is 0.507 e. The molecule has 1 heterocycles. The van der Waals surface area contributed by atoms with Crippen LogP contribution in [-0.2, 0) is 16.1 Å². The van der Waals surface area contributed by atoms with E-state index in [9.17, 15) is 14.7 Å². The number of amides is 1. The van der Waals surface area contributed by atoms with E-state index in [1.165, 1.54) is 18.1 Å². The summed E-state index contributed by atoms with van der Waals surface area (Å²) in [4.78, 5) is 28.2. The topological polar surface area (TPSA) is 85.3 Å². The van der Waals surface area contributed by atoms with Gasteiger partial charge in [0.05, 0.1) is 37.0 Å². The Morgan fingerprint density at radius 1 is 0.973 bits per heavy atom. The third-order valence-corrected chi connectivity index (χ3v) is 6.31.